The van der Waals surface area contributed by atoms with Gasteiger partial charge in [0.25, 0.3) is 0 Å². The summed E-state index contributed by atoms with van der Waals surface area (Å²) in [6.45, 7) is 3.65. The first-order valence-electron chi connectivity index (χ1n) is 4.80. The van der Waals surface area contributed by atoms with Crippen molar-refractivity contribution in [2.24, 2.45) is 0 Å². The molecular weight excluding hydrogens is 226 g/mol. The van der Waals surface area contributed by atoms with Crippen LogP contribution in [0.5, 0.6) is 0 Å². The maximum absolute atomic E-state index is 11.1. The number of aromatic carboxylic acids is 1. The van der Waals surface area contributed by atoms with Gasteiger partial charge in [-0.2, -0.15) is 0 Å². The fourth-order valence-corrected chi connectivity index (χ4v) is 2.03. The smallest absolute Gasteiger partial charge is 0.336 e. The van der Waals surface area contributed by atoms with E-state index in [0.29, 0.717) is 21.6 Å². The highest BCUT2D eigenvalue weighted by Crippen LogP contribution is 2.25. The van der Waals surface area contributed by atoms with E-state index in [9.17, 15) is 4.79 Å². The molecule has 3 nitrogen and oxygen atoms in total. The molecular formula is C12H10ClNO2. The number of pyridine rings is 1. The van der Waals surface area contributed by atoms with E-state index in [-0.39, 0.29) is 5.56 Å². The van der Waals surface area contributed by atoms with E-state index in [1.807, 2.05) is 6.92 Å². The van der Waals surface area contributed by atoms with Crippen molar-refractivity contribution in [1.82, 2.24) is 4.98 Å². The summed E-state index contributed by atoms with van der Waals surface area (Å²) in [5.41, 5.74) is 2.51. The van der Waals surface area contributed by atoms with Gasteiger partial charge in [0.1, 0.15) is 0 Å². The number of carboxylic acids is 1. The molecule has 1 aromatic carbocycles. The average molecular weight is 236 g/mol. The molecule has 0 saturated heterocycles. The van der Waals surface area contributed by atoms with E-state index in [4.69, 9.17) is 16.7 Å². The van der Waals surface area contributed by atoms with Crippen LogP contribution in [-0.2, 0) is 0 Å². The molecule has 2 aromatic rings. The van der Waals surface area contributed by atoms with Crippen molar-refractivity contribution < 1.29 is 9.90 Å². The molecule has 82 valence electrons. The van der Waals surface area contributed by atoms with Gasteiger partial charge in [0.2, 0.25) is 0 Å². The molecule has 4 heteroatoms. The fraction of sp³-hybridized carbons (Fsp3) is 0.167. The zero-order chi connectivity index (χ0) is 11.9. The number of carbonyl (C=O) groups is 1. The van der Waals surface area contributed by atoms with Gasteiger partial charge in [0.05, 0.1) is 11.1 Å². The Morgan fingerprint density at radius 1 is 1.31 bits per heavy atom. The zero-order valence-electron chi connectivity index (χ0n) is 8.91. The van der Waals surface area contributed by atoms with Crippen LogP contribution in [-0.4, -0.2) is 16.1 Å². The number of rotatable bonds is 1. The van der Waals surface area contributed by atoms with Gasteiger partial charge in [-0.25, -0.2) is 4.79 Å². The van der Waals surface area contributed by atoms with E-state index in [0.717, 1.165) is 5.56 Å². The molecule has 0 saturated carbocycles. The largest absolute Gasteiger partial charge is 0.478 e. The standard InChI is InChI=1S/C12H10ClNO2/c1-6-3-8(13)5-9-10(12(15)16)4-7(2)14-11(6)9/h3-5H,1-2H3,(H,15,16). The number of hydrogen-bond acceptors (Lipinski definition) is 2. The van der Waals surface area contributed by atoms with Crippen LogP contribution in [0.3, 0.4) is 0 Å². The van der Waals surface area contributed by atoms with Crippen molar-refractivity contribution in [2.75, 3.05) is 0 Å². The number of fused-ring (bicyclic) bond motifs is 1. The predicted molar refractivity (Wildman–Crippen MR) is 63.2 cm³/mol. The molecule has 0 bridgehead atoms. The van der Waals surface area contributed by atoms with Crippen molar-refractivity contribution in [3.8, 4) is 0 Å². The van der Waals surface area contributed by atoms with Gasteiger partial charge in [-0.05, 0) is 37.6 Å². The summed E-state index contributed by atoms with van der Waals surface area (Å²) in [6.07, 6.45) is 0. The van der Waals surface area contributed by atoms with Gasteiger partial charge < -0.3 is 5.11 Å². The summed E-state index contributed by atoms with van der Waals surface area (Å²) in [4.78, 5) is 15.5. The molecule has 1 aromatic heterocycles. The van der Waals surface area contributed by atoms with Crippen LogP contribution < -0.4 is 0 Å². The van der Waals surface area contributed by atoms with Crippen molar-refractivity contribution >= 4 is 28.5 Å². The van der Waals surface area contributed by atoms with Gasteiger partial charge >= 0.3 is 5.97 Å². The van der Waals surface area contributed by atoms with Gasteiger partial charge in [0, 0.05) is 16.1 Å². The molecule has 0 radical (unpaired) electrons. The Morgan fingerprint density at radius 3 is 2.62 bits per heavy atom. The number of hydrogen-bond donors (Lipinski definition) is 1. The first-order chi connectivity index (χ1) is 7.49. The Labute approximate surface area is 97.7 Å². The van der Waals surface area contributed by atoms with E-state index in [2.05, 4.69) is 4.98 Å². The molecule has 0 aliphatic carbocycles. The predicted octanol–water partition coefficient (Wildman–Crippen LogP) is 3.20. The molecule has 2 rings (SSSR count). The molecule has 16 heavy (non-hydrogen) atoms. The van der Waals surface area contributed by atoms with Crippen molar-refractivity contribution in [3.63, 3.8) is 0 Å². The number of benzene rings is 1. The average Bonchev–Trinajstić information content (AvgIpc) is 2.18. The summed E-state index contributed by atoms with van der Waals surface area (Å²) in [7, 11) is 0. The number of aromatic nitrogens is 1. The number of carboxylic acid groups (broad SMARTS) is 1. The Bertz CT molecular complexity index is 593. The highest BCUT2D eigenvalue weighted by molar-refractivity contribution is 6.31. The minimum absolute atomic E-state index is 0.244. The highest BCUT2D eigenvalue weighted by Gasteiger charge is 2.12. The Morgan fingerprint density at radius 2 is 2.00 bits per heavy atom. The zero-order valence-corrected chi connectivity index (χ0v) is 9.67. The second-order valence-electron chi connectivity index (χ2n) is 3.74. The van der Waals surface area contributed by atoms with Crippen LogP contribution in [0.4, 0.5) is 0 Å². The molecule has 0 atom stereocenters. The van der Waals surface area contributed by atoms with Crippen molar-refractivity contribution in [2.45, 2.75) is 13.8 Å². The minimum atomic E-state index is -0.961. The third-order valence-corrected chi connectivity index (χ3v) is 2.65. The lowest BCUT2D eigenvalue weighted by Gasteiger charge is -2.07. The third-order valence-electron chi connectivity index (χ3n) is 2.43. The molecule has 0 aliphatic heterocycles. The van der Waals surface area contributed by atoms with Crippen molar-refractivity contribution in [3.05, 3.63) is 40.0 Å². The van der Waals surface area contributed by atoms with Gasteiger partial charge in [-0.3, -0.25) is 4.98 Å². The second-order valence-corrected chi connectivity index (χ2v) is 4.17. The highest BCUT2D eigenvalue weighted by atomic mass is 35.5. The fourth-order valence-electron chi connectivity index (χ4n) is 1.76. The van der Waals surface area contributed by atoms with Crippen LogP contribution >= 0.6 is 11.6 Å². The van der Waals surface area contributed by atoms with E-state index >= 15 is 0 Å². The monoisotopic (exact) mass is 235 g/mol. The topological polar surface area (TPSA) is 50.2 Å². The number of nitrogens with zero attached hydrogens (tertiary/aromatic N) is 1. The Balaban J connectivity index is 2.95. The van der Waals surface area contributed by atoms with Crippen LogP contribution in [0.1, 0.15) is 21.6 Å². The van der Waals surface area contributed by atoms with Gasteiger partial charge in [-0.15, -0.1) is 0 Å². The Hall–Kier alpha value is -1.61. The molecule has 0 aliphatic rings. The lowest BCUT2D eigenvalue weighted by atomic mass is 10.0. The van der Waals surface area contributed by atoms with Gasteiger partial charge in [-0.1, -0.05) is 11.6 Å². The minimum Gasteiger partial charge on any atom is -0.478 e. The lowest BCUT2D eigenvalue weighted by Crippen LogP contribution is -2.01. The molecule has 0 amide bonds. The SMILES string of the molecule is Cc1cc(C(=O)O)c2cc(Cl)cc(C)c2n1. The van der Waals surface area contributed by atoms with Crippen molar-refractivity contribution in [1.29, 1.82) is 0 Å². The van der Waals surface area contributed by atoms with E-state index in [1.165, 1.54) is 0 Å². The second kappa shape index (κ2) is 3.76. The van der Waals surface area contributed by atoms with Crippen LogP contribution in [0, 0.1) is 13.8 Å². The molecule has 1 heterocycles. The normalized spacial score (nSPS) is 10.7. The maximum Gasteiger partial charge on any atom is 0.336 e. The lowest BCUT2D eigenvalue weighted by molar-refractivity contribution is 0.0699. The van der Waals surface area contributed by atoms with Crippen LogP contribution in [0.25, 0.3) is 10.9 Å². The summed E-state index contributed by atoms with van der Waals surface area (Å²) in [6, 6.07) is 4.97. The molecule has 0 fully saturated rings. The number of halogens is 1. The third kappa shape index (κ3) is 1.74. The summed E-state index contributed by atoms with van der Waals surface area (Å²) >= 11 is 5.92. The maximum atomic E-state index is 11.1. The first kappa shape index (κ1) is 10.9. The number of aryl methyl sites for hydroxylation is 2. The molecule has 1 N–H and O–H groups in total. The van der Waals surface area contributed by atoms with Gasteiger partial charge in [0.15, 0.2) is 0 Å². The van der Waals surface area contributed by atoms with E-state index in [1.54, 1.807) is 25.1 Å². The summed E-state index contributed by atoms with van der Waals surface area (Å²) in [5.74, 6) is -0.961. The first-order valence-corrected chi connectivity index (χ1v) is 5.17. The molecule has 0 spiro atoms. The van der Waals surface area contributed by atoms with E-state index < -0.39 is 5.97 Å². The molecule has 0 unspecified atom stereocenters. The summed E-state index contributed by atoms with van der Waals surface area (Å²) < 4.78 is 0. The quantitative estimate of drug-likeness (QED) is 0.826. The summed E-state index contributed by atoms with van der Waals surface area (Å²) in [5, 5.41) is 10.2. The van der Waals surface area contributed by atoms with Crippen LogP contribution in [0.2, 0.25) is 5.02 Å². The van der Waals surface area contributed by atoms with Crippen LogP contribution in [0.15, 0.2) is 18.2 Å². The Kier molecular flexibility index (Phi) is 2.56.